The van der Waals surface area contributed by atoms with Gasteiger partial charge in [-0.15, -0.1) is 0 Å². The fourth-order valence-electron chi connectivity index (χ4n) is 3.21. The van der Waals surface area contributed by atoms with Gasteiger partial charge in [-0.3, -0.25) is 4.79 Å². The summed E-state index contributed by atoms with van der Waals surface area (Å²) in [4.78, 5) is 24.7. The second-order valence-electron chi connectivity index (χ2n) is 6.13. The largest absolute Gasteiger partial charge is 0.462 e. The molecule has 1 aromatic heterocycles. The summed E-state index contributed by atoms with van der Waals surface area (Å²) in [5.41, 5.74) is 3.52. The number of nitrogens with one attached hydrogen (secondary N) is 1. The quantitative estimate of drug-likeness (QED) is 0.626. The minimum atomic E-state index is -0.380. The van der Waals surface area contributed by atoms with Crippen molar-refractivity contribution in [2.75, 3.05) is 11.9 Å². The van der Waals surface area contributed by atoms with Gasteiger partial charge in [-0.2, -0.15) is 0 Å². The highest BCUT2D eigenvalue weighted by Crippen LogP contribution is 2.29. The van der Waals surface area contributed by atoms with E-state index in [1.807, 2.05) is 36.6 Å². The molecule has 5 nitrogen and oxygen atoms in total. The minimum absolute atomic E-state index is 0.203. The number of halogens is 1. The molecule has 0 saturated heterocycles. The van der Waals surface area contributed by atoms with Gasteiger partial charge in [0.2, 0.25) is 0 Å². The molecule has 6 heteroatoms. The van der Waals surface area contributed by atoms with Crippen molar-refractivity contribution in [1.29, 1.82) is 0 Å². The Labute approximate surface area is 162 Å². The summed E-state index contributed by atoms with van der Waals surface area (Å²) in [6.45, 7) is 6.66. The Morgan fingerprint density at radius 1 is 1.11 bits per heavy atom. The molecule has 0 fully saturated rings. The molecule has 27 heavy (non-hydrogen) atoms. The summed E-state index contributed by atoms with van der Waals surface area (Å²) in [6, 6.07) is 12.3. The van der Waals surface area contributed by atoms with Crippen molar-refractivity contribution in [3.63, 3.8) is 0 Å². The molecule has 3 rings (SSSR count). The van der Waals surface area contributed by atoms with Crippen LogP contribution in [0.5, 0.6) is 0 Å². The topological polar surface area (TPSA) is 60.3 Å². The number of fused-ring (bicyclic) bond motifs is 1. The Balaban J connectivity index is 1.90. The number of nitrogens with zero attached hydrogens (tertiary/aromatic N) is 1. The highest BCUT2D eigenvalue weighted by molar-refractivity contribution is 6.31. The fraction of sp³-hybridized carbons (Fsp3) is 0.238. The Kier molecular flexibility index (Phi) is 5.51. The zero-order valence-corrected chi connectivity index (χ0v) is 16.3. The molecule has 0 aliphatic heterocycles. The van der Waals surface area contributed by atoms with E-state index in [2.05, 4.69) is 5.32 Å². The monoisotopic (exact) mass is 384 g/mol. The number of amides is 1. The van der Waals surface area contributed by atoms with Crippen LogP contribution in [0.1, 0.15) is 40.3 Å². The number of esters is 1. The number of hydrogen-bond acceptors (Lipinski definition) is 3. The third-order valence-electron chi connectivity index (χ3n) is 4.46. The molecular formula is C21H21ClN2O3. The number of ether oxygens (including phenoxy) is 1. The van der Waals surface area contributed by atoms with Gasteiger partial charge in [-0.1, -0.05) is 11.6 Å². The second kappa shape index (κ2) is 7.84. The fourth-order valence-corrected chi connectivity index (χ4v) is 3.38. The van der Waals surface area contributed by atoms with Gasteiger partial charge in [-0.05, 0) is 68.8 Å². The lowest BCUT2D eigenvalue weighted by Crippen LogP contribution is -2.18. The molecule has 1 N–H and O–H groups in total. The molecule has 2 aromatic carbocycles. The number of aryl methyl sites for hydroxylation is 2. The molecule has 1 heterocycles. The molecule has 0 radical (unpaired) electrons. The van der Waals surface area contributed by atoms with Crippen LogP contribution in [0.3, 0.4) is 0 Å². The lowest BCUT2D eigenvalue weighted by molar-refractivity contribution is 0.0526. The van der Waals surface area contributed by atoms with Gasteiger partial charge >= 0.3 is 5.97 Å². The maximum absolute atomic E-state index is 12.9. The lowest BCUT2D eigenvalue weighted by Gasteiger charge is -2.10. The van der Waals surface area contributed by atoms with Crippen LogP contribution in [0.15, 0.2) is 42.5 Å². The lowest BCUT2D eigenvalue weighted by atomic mass is 10.1. The first-order chi connectivity index (χ1) is 13.0. The summed E-state index contributed by atoms with van der Waals surface area (Å²) in [5.74, 6) is -0.584. The molecule has 0 atom stereocenters. The van der Waals surface area contributed by atoms with Gasteiger partial charge in [0.25, 0.3) is 5.91 Å². The number of hydrogen-bond donors (Lipinski definition) is 1. The van der Waals surface area contributed by atoms with Gasteiger partial charge in [0.15, 0.2) is 0 Å². The van der Waals surface area contributed by atoms with Crippen LogP contribution in [-0.2, 0) is 11.3 Å². The summed E-state index contributed by atoms with van der Waals surface area (Å²) in [5, 5.41) is 4.51. The highest BCUT2D eigenvalue weighted by Gasteiger charge is 2.20. The maximum atomic E-state index is 12.9. The summed E-state index contributed by atoms with van der Waals surface area (Å²) < 4.78 is 6.94. The standard InChI is InChI=1S/C21H21ClN2O3/c1-4-24-18-11-8-15(22)12-17(18)13(3)19(24)20(25)23-16-9-6-14(7-10-16)21(26)27-5-2/h6-12H,4-5H2,1-3H3,(H,23,25). The number of benzene rings is 2. The van der Waals surface area contributed by atoms with Gasteiger partial charge in [0, 0.05) is 28.2 Å². The summed E-state index contributed by atoms with van der Waals surface area (Å²) in [7, 11) is 0. The number of anilines is 1. The van der Waals surface area contributed by atoms with Crippen molar-refractivity contribution < 1.29 is 14.3 Å². The molecule has 3 aromatic rings. The first-order valence-electron chi connectivity index (χ1n) is 8.83. The van der Waals surface area contributed by atoms with Gasteiger partial charge < -0.3 is 14.6 Å². The Morgan fingerprint density at radius 3 is 2.44 bits per heavy atom. The van der Waals surface area contributed by atoms with E-state index >= 15 is 0 Å². The Hall–Kier alpha value is -2.79. The number of carbonyl (C=O) groups is 2. The van der Waals surface area contributed by atoms with Crippen LogP contribution in [-0.4, -0.2) is 23.1 Å². The van der Waals surface area contributed by atoms with E-state index < -0.39 is 0 Å². The van der Waals surface area contributed by atoms with Crippen molar-refractivity contribution in [3.8, 4) is 0 Å². The van der Waals surface area contributed by atoms with Crippen molar-refractivity contribution in [2.24, 2.45) is 0 Å². The molecule has 0 spiro atoms. The van der Waals surface area contributed by atoms with E-state index in [0.29, 0.717) is 35.1 Å². The van der Waals surface area contributed by atoms with Crippen molar-refractivity contribution in [3.05, 3.63) is 64.3 Å². The van der Waals surface area contributed by atoms with E-state index in [1.165, 1.54) is 0 Å². The molecule has 140 valence electrons. The molecule has 0 unspecified atom stereocenters. The smallest absolute Gasteiger partial charge is 0.338 e. The third-order valence-corrected chi connectivity index (χ3v) is 4.70. The van der Waals surface area contributed by atoms with E-state index in [9.17, 15) is 9.59 Å². The van der Waals surface area contributed by atoms with Crippen LogP contribution in [0.25, 0.3) is 10.9 Å². The molecule has 0 bridgehead atoms. The molecule has 1 amide bonds. The highest BCUT2D eigenvalue weighted by atomic mass is 35.5. The Bertz CT molecular complexity index is 1010. The first kappa shape index (κ1) is 19.0. The van der Waals surface area contributed by atoms with E-state index in [1.54, 1.807) is 31.2 Å². The van der Waals surface area contributed by atoms with Gasteiger partial charge in [0.1, 0.15) is 5.69 Å². The van der Waals surface area contributed by atoms with Crippen LogP contribution < -0.4 is 5.32 Å². The zero-order valence-electron chi connectivity index (χ0n) is 15.5. The van der Waals surface area contributed by atoms with Crippen LogP contribution in [0.4, 0.5) is 5.69 Å². The molecule has 0 aliphatic carbocycles. The first-order valence-corrected chi connectivity index (χ1v) is 9.21. The summed E-state index contributed by atoms with van der Waals surface area (Å²) >= 11 is 6.12. The molecule has 0 saturated carbocycles. The maximum Gasteiger partial charge on any atom is 0.338 e. The van der Waals surface area contributed by atoms with Crippen molar-refractivity contribution >= 4 is 40.1 Å². The number of rotatable bonds is 5. The Morgan fingerprint density at radius 2 is 1.81 bits per heavy atom. The molecular weight excluding hydrogens is 364 g/mol. The third kappa shape index (κ3) is 3.69. The van der Waals surface area contributed by atoms with Crippen LogP contribution in [0, 0.1) is 6.92 Å². The van der Waals surface area contributed by atoms with Crippen LogP contribution in [0.2, 0.25) is 5.02 Å². The van der Waals surface area contributed by atoms with Crippen LogP contribution >= 0.6 is 11.6 Å². The normalized spacial score (nSPS) is 10.8. The summed E-state index contributed by atoms with van der Waals surface area (Å²) in [6.07, 6.45) is 0. The second-order valence-corrected chi connectivity index (χ2v) is 6.57. The van der Waals surface area contributed by atoms with Gasteiger partial charge in [0.05, 0.1) is 12.2 Å². The van der Waals surface area contributed by atoms with Crippen molar-refractivity contribution in [1.82, 2.24) is 4.57 Å². The van der Waals surface area contributed by atoms with E-state index in [4.69, 9.17) is 16.3 Å². The van der Waals surface area contributed by atoms with Crippen molar-refractivity contribution in [2.45, 2.75) is 27.3 Å². The average molecular weight is 385 g/mol. The van der Waals surface area contributed by atoms with E-state index in [0.717, 1.165) is 16.5 Å². The van der Waals surface area contributed by atoms with E-state index in [-0.39, 0.29) is 11.9 Å². The average Bonchev–Trinajstić information content (AvgIpc) is 2.94. The van der Waals surface area contributed by atoms with Gasteiger partial charge in [-0.25, -0.2) is 4.79 Å². The predicted molar refractivity (Wildman–Crippen MR) is 108 cm³/mol. The minimum Gasteiger partial charge on any atom is -0.462 e. The molecule has 0 aliphatic rings. The number of aromatic nitrogens is 1. The zero-order chi connectivity index (χ0) is 19.6. The predicted octanol–water partition coefficient (Wildman–Crippen LogP) is 5.05. The SMILES string of the molecule is CCOC(=O)c1ccc(NC(=O)c2c(C)c3cc(Cl)ccc3n2CC)cc1. The number of carbonyl (C=O) groups excluding carboxylic acids is 2.